The normalized spacial score (nSPS) is 15.6. The Balaban J connectivity index is 1.54. The van der Waals surface area contributed by atoms with Crippen molar-refractivity contribution in [3.05, 3.63) is 46.4 Å². The number of piperidine rings is 1. The Morgan fingerprint density at radius 2 is 1.76 bits per heavy atom. The van der Waals surface area contributed by atoms with Crippen molar-refractivity contribution in [2.24, 2.45) is 0 Å². The Hall–Kier alpha value is -2.83. The maximum absolute atomic E-state index is 13.8. The van der Waals surface area contributed by atoms with Gasteiger partial charge in [-0.05, 0) is 24.8 Å². The SMILES string of the molecule is Fc1cc(OC(F)F)c(C2CCN(c3cnn4c(CC(F)(F)F)nnc4c3Cl)CC2)cc1F. The molecule has 3 heterocycles. The van der Waals surface area contributed by atoms with Gasteiger partial charge in [0.25, 0.3) is 0 Å². The number of benzene rings is 1. The molecule has 1 aromatic carbocycles. The van der Waals surface area contributed by atoms with Gasteiger partial charge in [-0.3, -0.25) is 0 Å². The third kappa shape index (κ3) is 4.92. The van der Waals surface area contributed by atoms with Crippen LogP contribution < -0.4 is 9.64 Å². The fourth-order valence-electron chi connectivity index (χ4n) is 3.86. The van der Waals surface area contributed by atoms with Crippen molar-refractivity contribution < 1.29 is 35.5 Å². The van der Waals surface area contributed by atoms with Crippen LogP contribution in [0, 0.1) is 11.6 Å². The third-order valence-electron chi connectivity index (χ3n) is 5.32. The summed E-state index contributed by atoms with van der Waals surface area (Å²) in [4.78, 5) is 1.79. The number of anilines is 1. The number of nitrogens with zero attached hydrogens (tertiary/aromatic N) is 5. The molecule has 0 N–H and O–H groups in total. The summed E-state index contributed by atoms with van der Waals surface area (Å²) < 4.78 is 96.1. The van der Waals surface area contributed by atoms with Gasteiger partial charge in [-0.25, -0.2) is 8.78 Å². The molecule has 0 radical (unpaired) electrons. The lowest BCUT2D eigenvalue weighted by Crippen LogP contribution is -2.33. The Morgan fingerprint density at radius 3 is 2.39 bits per heavy atom. The summed E-state index contributed by atoms with van der Waals surface area (Å²) in [6.07, 6.45) is -3.80. The Bertz CT molecular complexity index is 1160. The Kier molecular flexibility index (Phi) is 6.25. The zero-order valence-corrected chi connectivity index (χ0v) is 17.3. The summed E-state index contributed by atoms with van der Waals surface area (Å²) in [5.41, 5.74) is 0.495. The Labute approximate surface area is 186 Å². The summed E-state index contributed by atoms with van der Waals surface area (Å²) in [5, 5.41) is 11.3. The molecule has 0 bridgehead atoms. The minimum Gasteiger partial charge on any atom is -0.434 e. The molecule has 0 saturated carbocycles. The molecule has 0 amide bonds. The monoisotopic (exact) mass is 497 g/mol. The molecule has 0 spiro atoms. The van der Waals surface area contributed by atoms with Crippen LogP contribution in [0.2, 0.25) is 5.02 Å². The molecule has 14 heteroatoms. The third-order valence-corrected chi connectivity index (χ3v) is 5.69. The van der Waals surface area contributed by atoms with Gasteiger partial charge in [0.05, 0.1) is 11.9 Å². The van der Waals surface area contributed by atoms with Gasteiger partial charge in [0.15, 0.2) is 23.1 Å². The van der Waals surface area contributed by atoms with Crippen LogP contribution in [0.5, 0.6) is 5.75 Å². The van der Waals surface area contributed by atoms with E-state index in [2.05, 4.69) is 20.0 Å². The first kappa shape index (κ1) is 23.3. The predicted molar refractivity (Wildman–Crippen MR) is 103 cm³/mol. The number of rotatable bonds is 5. The molecule has 4 rings (SSSR count). The fraction of sp³-hybridized carbons (Fsp3) is 0.421. The van der Waals surface area contributed by atoms with Crippen LogP contribution in [0.4, 0.5) is 36.4 Å². The molecule has 178 valence electrons. The van der Waals surface area contributed by atoms with E-state index < -0.39 is 48.3 Å². The van der Waals surface area contributed by atoms with E-state index in [1.54, 1.807) is 4.90 Å². The van der Waals surface area contributed by atoms with Gasteiger partial charge in [0, 0.05) is 24.7 Å². The molecule has 0 atom stereocenters. The van der Waals surface area contributed by atoms with Gasteiger partial charge in [-0.1, -0.05) is 11.6 Å². The average Bonchev–Trinajstić information content (AvgIpc) is 3.13. The van der Waals surface area contributed by atoms with Gasteiger partial charge in [-0.2, -0.15) is 31.6 Å². The lowest BCUT2D eigenvalue weighted by atomic mass is 9.88. The van der Waals surface area contributed by atoms with Gasteiger partial charge in [-0.15, -0.1) is 10.2 Å². The number of hydrogen-bond acceptors (Lipinski definition) is 5. The quantitative estimate of drug-likeness (QED) is 0.457. The molecule has 1 aliphatic heterocycles. The molecular formula is C19H15ClF7N5O. The minimum atomic E-state index is -4.50. The number of halogens is 8. The van der Waals surface area contributed by atoms with Crippen LogP contribution in [0.1, 0.15) is 30.1 Å². The lowest BCUT2D eigenvalue weighted by molar-refractivity contribution is -0.128. The first-order valence-corrected chi connectivity index (χ1v) is 10.1. The Morgan fingerprint density at radius 1 is 1.09 bits per heavy atom. The summed E-state index contributed by atoms with van der Waals surface area (Å²) in [6.45, 7) is -2.53. The number of fused-ring (bicyclic) bond motifs is 1. The van der Waals surface area contributed by atoms with E-state index in [1.807, 2.05) is 0 Å². The highest BCUT2D eigenvalue weighted by Gasteiger charge is 2.32. The zero-order valence-electron chi connectivity index (χ0n) is 16.6. The van der Waals surface area contributed by atoms with E-state index in [-0.39, 0.29) is 16.2 Å². The highest BCUT2D eigenvalue weighted by atomic mass is 35.5. The van der Waals surface area contributed by atoms with E-state index in [1.165, 1.54) is 6.20 Å². The lowest BCUT2D eigenvalue weighted by Gasteiger charge is -2.34. The van der Waals surface area contributed by atoms with Crippen molar-refractivity contribution in [3.8, 4) is 5.75 Å². The number of aromatic nitrogens is 4. The van der Waals surface area contributed by atoms with E-state index in [9.17, 15) is 30.7 Å². The molecule has 6 nitrogen and oxygen atoms in total. The predicted octanol–water partition coefficient (Wildman–Crippen LogP) is 5.15. The molecule has 2 aromatic heterocycles. The molecule has 1 fully saturated rings. The van der Waals surface area contributed by atoms with Gasteiger partial charge < -0.3 is 9.64 Å². The first-order valence-electron chi connectivity index (χ1n) is 9.67. The minimum absolute atomic E-state index is 0.0382. The number of alkyl halides is 5. The molecule has 0 aliphatic carbocycles. The van der Waals surface area contributed by atoms with Gasteiger partial charge >= 0.3 is 12.8 Å². The van der Waals surface area contributed by atoms with E-state index in [0.29, 0.717) is 37.7 Å². The van der Waals surface area contributed by atoms with Crippen LogP contribution in [0.25, 0.3) is 5.65 Å². The average molecular weight is 498 g/mol. The largest absolute Gasteiger partial charge is 0.434 e. The zero-order chi connectivity index (χ0) is 23.9. The molecule has 1 saturated heterocycles. The van der Waals surface area contributed by atoms with Crippen molar-refractivity contribution in [1.29, 1.82) is 0 Å². The summed E-state index contributed by atoms with van der Waals surface area (Å²) in [5.74, 6) is -3.70. The molecular weight excluding hydrogens is 483 g/mol. The van der Waals surface area contributed by atoms with Crippen molar-refractivity contribution in [1.82, 2.24) is 19.8 Å². The van der Waals surface area contributed by atoms with Crippen LogP contribution >= 0.6 is 11.6 Å². The molecule has 0 unspecified atom stereocenters. The fourth-order valence-corrected chi connectivity index (χ4v) is 4.14. The second kappa shape index (κ2) is 8.84. The molecule has 1 aliphatic rings. The number of hydrogen-bond donors (Lipinski definition) is 0. The van der Waals surface area contributed by atoms with Crippen molar-refractivity contribution in [2.75, 3.05) is 18.0 Å². The molecule has 33 heavy (non-hydrogen) atoms. The summed E-state index contributed by atoms with van der Waals surface area (Å²) in [7, 11) is 0. The standard InChI is InChI=1S/C19H15ClF7N5O/c20-16-13(8-28-32-15(7-19(25,26)27)29-30-17(16)32)31-3-1-9(2-4-31)10-5-11(21)12(22)6-14(10)33-18(23)24/h5-6,8-9,18H,1-4,7H2. The van der Waals surface area contributed by atoms with Crippen LogP contribution in [-0.4, -0.2) is 45.7 Å². The highest BCUT2D eigenvalue weighted by Crippen LogP contribution is 2.39. The second-order valence-corrected chi connectivity index (χ2v) is 7.81. The van der Waals surface area contributed by atoms with Gasteiger partial charge in [0.2, 0.25) is 0 Å². The van der Waals surface area contributed by atoms with Crippen LogP contribution in [-0.2, 0) is 6.42 Å². The van der Waals surface area contributed by atoms with E-state index in [4.69, 9.17) is 11.6 Å². The second-order valence-electron chi connectivity index (χ2n) is 7.43. The smallest absolute Gasteiger partial charge is 0.396 e. The van der Waals surface area contributed by atoms with Crippen molar-refractivity contribution in [2.45, 2.75) is 38.0 Å². The van der Waals surface area contributed by atoms with Crippen LogP contribution in [0.3, 0.4) is 0 Å². The maximum Gasteiger partial charge on any atom is 0.396 e. The number of ether oxygens (including phenoxy) is 1. The summed E-state index contributed by atoms with van der Waals surface area (Å²) in [6, 6.07) is 1.45. The topological polar surface area (TPSA) is 55.5 Å². The first-order chi connectivity index (χ1) is 15.5. The van der Waals surface area contributed by atoms with Crippen molar-refractivity contribution >= 4 is 22.9 Å². The van der Waals surface area contributed by atoms with Crippen LogP contribution in [0.15, 0.2) is 18.3 Å². The van der Waals surface area contributed by atoms with Gasteiger partial charge in [0.1, 0.15) is 17.2 Å². The summed E-state index contributed by atoms with van der Waals surface area (Å²) >= 11 is 6.35. The maximum atomic E-state index is 13.8. The molecule has 3 aromatic rings. The van der Waals surface area contributed by atoms with E-state index >= 15 is 0 Å². The van der Waals surface area contributed by atoms with E-state index in [0.717, 1.165) is 10.6 Å². The van der Waals surface area contributed by atoms with Crippen molar-refractivity contribution in [3.63, 3.8) is 0 Å². The highest BCUT2D eigenvalue weighted by molar-refractivity contribution is 6.36.